The summed E-state index contributed by atoms with van der Waals surface area (Å²) in [6, 6.07) is 4.47. The normalized spacial score (nSPS) is 21.2. The van der Waals surface area contributed by atoms with Crippen molar-refractivity contribution in [3.63, 3.8) is 0 Å². The smallest absolute Gasteiger partial charge is 0.162 e. The maximum atomic E-state index is 14.8. The van der Waals surface area contributed by atoms with Crippen LogP contribution in [0.1, 0.15) is 76.2 Å². The maximum Gasteiger partial charge on any atom is 0.162 e. The van der Waals surface area contributed by atoms with Crippen LogP contribution in [-0.4, -0.2) is 19.8 Å². The van der Waals surface area contributed by atoms with Crippen LogP contribution >= 0.6 is 0 Å². The quantitative estimate of drug-likeness (QED) is 0.403. The van der Waals surface area contributed by atoms with E-state index in [4.69, 9.17) is 5.11 Å². The number of hydrogen-bond donors (Lipinski definition) is 1. The van der Waals surface area contributed by atoms with Crippen LogP contribution in [0.3, 0.4) is 0 Å². The van der Waals surface area contributed by atoms with Gasteiger partial charge in [-0.25, -0.2) is 8.78 Å². The zero-order valence-electron chi connectivity index (χ0n) is 16.8. The molecule has 0 radical (unpaired) electrons. The highest BCUT2D eigenvalue weighted by Gasteiger charge is 2.31. The van der Waals surface area contributed by atoms with Crippen LogP contribution in [0.15, 0.2) is 12.1 Å². The van der Waals surface area contributed by atoms with Crippen molar-refractivity contribution in [3.05, 3.63) is 29.3 Å². The highest BCUT2D eigenvalue weighted by molar-refractivity contribution is 6.89. The average molecular weight is 383 g/mol. The molecule has 0 amide bonds. The van der Waals surface area contributed by atoms with E-state index in [1.807, 2.05) is 12.1 Å². The Bertz CT molecular complexity index is 566. The van der Waals surface area contributed by atoms with Crippen LogP contribution in [0.2, 0.25) is 19.1 Å². The highest BCUT2D eigenvalue weighted by atomic mass is 28.3. The SMILES string of the molecule is CCCCCC1CCC(c2ccc([Si](C)(C)CCCO)c(F)c2F)CC1. The molecule has 1 saturated carbocycles. The molecular weight excluding hydrogens is 346 g/mol. The van der Waals surface area contributed by atoms with Gasteiger partial charge in [-0.3, -0.25) is 0 Å². The molecule has 0 unspecified atom stereocenters. The van der Waals surface area contributed by atoms with Crippen molar-refractivity contribution in [2.75, 3.05) is 6.61 Å². The van der Waals surface area contributed by atoms with Crippen molar-refractivity contribution < 1.29 is 13.9 Å². The summed E-state index contributed by atoms with van der Waals surface area (Å²) in [6.07, 6.45) is 10.1. The zero-order valence-corrected chi connectivity index (χ0v) is 17.8. The highest BCUT2D eigenvalue weighted by Crippen LogP contribution is 2.39. The van der Waals surface area contributed by atoms with Gasteiger partial charge in [-0.2, -0.15) is 0 Å². The Hall–Kier alpha value is -0.743. The van der Waals surface area contributed by atoms with E-state index in [1.165, 1.54) is 25.7 Å². The first-order valence-electron chi connectivity index (χ1n) is 10.5. The summed E-state index contributed by atoms with van der Waals surface area (Å²) in [4.78, 5) is 0. The minimum absolute atomic E-state index is 0.111. The lowest BCUT2D eigenvalue weighted by molar-refractivity contribution is 0.294. The summed E-state index contributed by atoms with van der Waals surface area (Å²) in [5.74, 6) is -0.290. The van der Waals surface area contributed by atoms with Crippen LogP contribution in [-0.2, 0) is 0 Å². The molecule has 1 nitrogen and oxygen atoms in total. The summed E-state index contributed by atoms with van der Waals surface area (Å²) in [5, 5.41) is 9.63. The van der Waals surface area contributed by atoms with Crippen LogP contribution < -0.4 is 5.19 Å². The standard InChI is InChI=1S/C22H36F2OSi/c1-4-5-6-8-17-9-11-18(12-10-17)19-13-14-20(22(24)21(19)23)26(2,3)16-7-15-25/h13-14,17-18,25H,4-12,15-16H2,1-3H3. The van der Waals surface area contributed by atoms with Crippen molar-refractivity contribution in [3.8, 4) is 0 Å². The van der Waals surface area contributed by atoms with Gasteiger partial charge in [0.2, 0.25) is 0 Å². The second-order valence-corrected chi connectivity index (χ2v) is 13.6. The van der Waals surface area contributed by atoms with E-state index in [0.29, 0.717) is 17.2 Å². The minimum Gasteiger partial charge on any atom is -0.396 e. The van der Waals surface area contributed by atoms with Crippen molar-refractivity contribution in [2.24, 2.45) is 5.92 Å². The monoisotopic (exact) mass is 382 g/mol. The van der Waals surface area contributed by atoms with Gasteiger partial charge in [-0.1, -0.05) is 63.9 Å². The van der Waals surface area contributed by atoms with Gasteiger partial charge in [0, 0.05) is 6.61 Å². The molecule has 4 heteroatoms. The van der Waals surface area contributed by atoms with Gasteiger partial charge in [0.25, 0.3) is 0 Å². The van der Waals surface area contributed by atoms with E-state index < -0.39 is 19.7 Å². The number of halogens is 2. The molecule has 0 saturated heterocycles. The van der Waals surface area contributed by atoms with Gasteiger partial charge < -0.3 is 5.11 Å². The molecule has 0 atom stereocenters. The van der Waals surface area contributed by atoms with E-state index in [-0.39, 0.29) is 12.5 Å². The van der Waals surface area contributed by atoms with Crippen LogP contribution in [0.25, 0.3) is 0 Å². The van der Waals surface area contributed by atoms with Gasteiger partial charge in [0.1, 0.15) is 0 Å². The van der Waals surface area contributed by atoms with E-state index in [1.54, 1.807) is 0 Å². The molecule has 1 N–H and O–H groups in total. The molecular formula is C22H36F2OSi. The third-order valence-electron chi connectivity index (χ3n) is 6.30. The zero-order chi connectivity index (χ0) is 19.2. The molecule has 0 aliphatic heterocycles. The Kier molecular flexibility index (Phi) is 8.27. The predicted molar refractivity (Wildman–Crippen MR) is 109 cm³/mol. The number of hydrogen-bond acceptors (Lipinski definition) is 1. The first-order valence-corrected chi connectivity index (χ1v) is 13.7. The van der Waals surface area contributed by atoms with E-state index in [2.05, 4.69) is 20.0 Å². The van der Waals surface area contributed by atoms with Crippen molar-refractivity contribution in [2.45, 2.75) is 89.8 Å². The summed E-state index contributed by atoms with van der Waals surface area (Å²) in [5.41, 5.74) is 0.588. The Morgan fingerprint density at radius 2 is 1.69 bits per heavy atom. The molecule has 0 bridgehead atoms. The van der Waals surface area contributed by atoms with Gasteiger partial charge >= 0.3 is 0 Å². The molecule has 1 aromatic carbocycles. The van der Waals surface area contributed by atoms with E-state index in [9.17, 15) is 8.78 Å². The molecule has 0 heterocycles. The number of aliphatic hydroxyl groups is 1. The lowest BCUT2D eigenvalue weighted by Crippen LogP contribution is -2.44. The summed E-state index contributed by atoms with van der Waals surface area (Å²) in [6.45, 7) is 6.45. The van der Waals surface area contributed by atoms with Gasteiger partial charge in [-0.15, -0.1) is 0 Å². The molecule has 1 aromatic rings. The number of unbranched alkanes of at least 4 members (excludes halogenated alkanes) is 2. The fourth-order valence-corrected chi connectivity index (χ4v) is 7.05. The average Bonchev–Trinajstić information content (AvgIpc) is 2.63. The largest absolute Gasteiger partial charge is 0.396 e. The van der Waals surface area contributed by atoms with E-state index >= 15 is 0 Å². The molecule has 1 fully saturated rings. The fourth-order valence-electron chi connectivity index (χ4n) is 4.50. The van der Waals surface area contributed by atoms with E-state index in [0.717, 1.165) is 37.6 Å². The van der Waals surface area contributed by atoms with Crippen molar-refractivity contribution in [1.29, 1.82) is 0 Å². The third kappa shape index (κ3) is 5.38. The molecule has 1 aliphatic rings. The summed E-state index contributed by atoms with van der Waals surface area (Å²) >= 11 is 0. The van der Waals surface area contributed by atoms with Crippen LogP contribution in [0.5, 0.6) is 0 Å². The number of aliphatic hydroxyl groups excluding tert-OH is 1. The topological polar surface area (TPSA) is 20.2 Å². The molecule has 0 aromatic heterocycles. The summed E-state index contributed by atoms with van der Waals surface area (Å²) in [7, 11) is -2.05. The van der Waals surface area contributed by atoms with Gasteiger partial charge in [0.05, 0.1) is 8.07 Å². The first-order chi connectivity index (χ1) is 12.4. The summed E-state index contributed by atoms with van der Waals surface area (Å²) < 4.78 is 29.7. The fraction of sp³-hybridized carbons (Fsp3) is 0.727. The van der Waals surface area contributed by atoms with Crippen molar-refractivity contribution in [1.82, 2.24) is 0 Å². The maximum absolute atomic E-state index is 14.8. The second kappa shape index (κ2) is 9.98. The Labute approximate surface area is 159 Å². The first kappa shape index (κ1) is 21.6. The van der Waals surface area contributed by atoms with Gasteiger partial charge in [-0.05, 0) is 54.7 Å². The second-order valence-electron chi connectivity index (χ2n) is 8.75. The Balaban J connectivity index is 2.04. The Morgan fingerprint density at radius 1 is 1.00 bits per heavy atom. The van der Waals surface area contributed by atoms with Crippen LogP contribution in [0, 0.1) is 17.6 Å². The van der Waals surface area contributed by atoms with Crippen molar-refractivity contribution >= 4 is 13.3 Å². The molecule has 1 aliphatic carbocycles. The lowest BCUT2D eigenvalue weighted by atomic mass is 9.77. The van der Waals surface area contributed by atoms with Gasteiger partial charge in [0.15, 0.2) is 11.6 Å². The minimum atomic E-state index is -2.05. The molecule has 2 rings (SSSR count). The molecule has 148 valence electrons. The Morgan fingerprint density at radius 3 is 2.31 bits per heavy atom. The predicted octanol–water partition coefficient (Wildman–Crippen LogP) is 6.12. The van der Waals surface area contributed by atoms with Crippen LogP contribution in [0.4, 0.5) is 8.78 Å². The number of rotatable bonds is 9. The lowest BCUT2D eigenvalue weighted by Gasteiger charge is -2.30. The molecule has 26 heavy (non-hydrogen) atoms. The molecule has 0 spiro atoms. The third-order valence-corrected chi connectivity index (χ3v) is 9.75. The number of benzene rings is 1.